The van der Waals surface area contributed by atoms with Crippen LogP contribution in [0.2, 0.25) is 0 Å². The van der Waals surface area contributed by atoms with E-state index in [1.54, 1.807) is 0 Å². The Hall–Kier alpha value is -0.500. The first-order valence-electron chi connectivity index (χ1n) is 8.67. The monoisotopic (exact) mass is 506 g/mol. The fourth-order valence-corrected chi connectivity index (χ4v) is 3.69. The van der Waals surface area contributed by atoms with Crippen LogP contribution in [0.4, 0.5) is 5.69 Å². The van der Waals surface area contributed by atoms with Gasteiger partial charge in [-0.1, -0.05) is 22.9 Å². The van der Waals surface area contributed by atoms with Crippen LogP contribution in [0.3, 0.4) is 0 Å². The minimum Gasteiger partial charge on any atom is -0.371 e. The molecule has 1 aromatic carbocycles. The van der Waals surface area contributed by atoms with E-state index < -0.39 is 0 Å². The molecule has 1 aromatic rings. The summed E-state index contributed by atoms with van der Waals surface area (Å²) in [7, 11) is 0. The van der Waals surface area contributed by atoms with Gasteiger partial charge in [-0.3, -0.25) is 4.99 Å². The number of rotatable bonds is 3. The molecule has 2 saturated heterocycles. The molecule has 2 heterocycles. The first kappa shape index (κ1) is 19.8. The predicted molar refractivity (Wildman–Crippen MR) is 116 cm³/mol. The number of aliphatic imine (C=N–C) groups is 1. The van der Waals surface area contributed by atoms with Gasteiger partial charge in [0.05, 0.1) is 0 Å². The average molecular weight is 507 g/mol. The number of piperidine rings is 1. The molecule has 0 amide bonds. The Morgan fingerprint density at radius 2 is 1.83 bits per heavy atom. The zero-order valence-corrected chi connectivity index (χ0v) is 18.2. The molecular weight excluding hydrogens is 479 g/mol. The maximum absolute atomic E-state index is 6.19. The van der Waals surface area contributed by atoms with Crippen molar-refractivity contribution in [2.24, 2.45) is 22.6 Å². The third-order valence-corrected chi connectivity index (χ3v) is 5.63. The van der Waals surface area contributed by atoms with Crippen molar-refractivity contribution in [1.29, 1.82) is 0 Å². The van der Waals surface area contributed by atoms with Crippen molar-refractivity contribution < 1.29 is 0 Å². The highest BCUT2D eigenvalue weighted by atomic mass is 127. The summed E-state index contributed by atoms with van der Waals surface area (Å²) < 4.78 is 1.13. The summed E-state index contributed by atoms with van der Waals surface area (Å²) in [4.78, 5) is 9.38. The first-order valence-corrected chi connectivity index (χ1v) is 9.46. The summed E-state index contributed by atoms with van der Waals surface area (Å²) in [5.74, 6) is 2.19. The van der Waals surface area contributed by atoms with Gasteiger partial charge in [0.1, 0.15) is 0 Å². The standard InChI is InChI=1S/C18H27BrN4.HI/c1-14-6-9-22(10-7-14)18(20)21-12-15-8-11-23(13-15)17-4-2-16(19)3-5-17;/h2-5,14-15H,6-13H2,1H3,(H2,20,21);1H. The van der Waals surface area contributed by atoms with Crippen molar-refractivity contribution in [2.75, 3.05) is 37.6 Å². The molecule has 2 N–H and O–H groups in total. The second-order valence-electron chi connectivity index (χ2n) is 6.95. The molecule has 4 nitrogen and oxygen atoms in total. The average Bonchev–Trinajstić information content (AvgIpc) is 3.03. The topological polar surface area (TPSA) is 44.9 Å². The second-order valence-corrected chi connectivity index (χ2v) is 7.86. The van der Waals surface area contributed by atoms with Crippen molar-refractivity contribution in [3.8, 4) is 0 Å². The Morgan fingerprint density at radius 1 is 1.17 bits per heavy atom. The van der Waals surface area contributed by atoms with Crippen LogP contribution in [-0.4, -0.2) is 43.6 Å². The van der Waals surface area contributed by atoms with Crippen LogP contribution in [0.25, 0.3) is 0 Å². The molecular formula is C18H28BrIN4. The molecule has 0 aliphatic carbocycles. The van der Waals surface area contributed by atoms with Crippen LogP contribution in [0.1, 0.15) is 26.2 Å². The number of benzene rings is 1. The number of likely N-dealkylation sites (tertiary alicyclic amines) is 1. The Labute approximate surface area is 171 Å². The lowest BCUT2D eigenvalue weighted by Gasteiger charge is -2.31. The van der Waals surface area contributed by atoms with Crippen molar-refractivity contribution in [3.05, 3.63) is 28.7 Å². The Kier molecular flexibility index (Phi) is 7.65. The second kappa shape index (κ2) is 9.27. The lowest BCUT2D eigenvalue weighted by Crippen LogP contribution is -2.42. The number of anilines is 1. The van der Waals surface area contributed by atoms with Gasteiger partial charge in [0.15, 0.2) is 5.96 Å². The normalized spacial score (nSPS) is 22.6. The van der Waals surface area contributed by atoms with Crippen molar-refractivity contribution >= 4 is 51.6 Å². The van der Waals surface area contributed by atoms with Gasteiger partial charge in [-0.25, -0.2) is 0 Å². The van der Waals surface area contributed by atoms with Gasteiger partial charge in [-0.15, -0.1) is 24.0 Å². The van der Waals surface area contributed by atoms with E-state index in [9.17, 15) is 0 Å². The lowest BCUT2D eigenvalue weighted by molar-refractivity contribution is 0.277. The van der Waals surface area contributed by atoms with Crippen LogP contribution >= 0.6 is 39.9 Å². The summed E-state index contributed by atoms with van der Waals surface area (Å²) in [5, 5.41) is 0. The van der Waals surface area contributed by atoms with Crippen LogP contribution in [0.5, 0.6) is 0 Å². The molecule has 0 bridgehead atoms. The van der Waals surface area contributed by atoms with Gasteiger partial charge in [0.2, 0.25) is 0 Å². The summed E-state index contributed by atoms with van der Waals surface area (Å²) in [6.07, 6.45) is 3.66. The SMILES string of the molecule is CC1CCN(C(N)=NCC2CCN(c3ccc(Br)cc3)C2)CC1.I. The fourth-order valence-electron chi connectivity index (χ4n) is 3.43. The molecule has 0 radical (unpaired) electrons. The molecule has 2 fully saturated rings. The highest BCUT2D eigenvalue weighted by Crippen LogP contribution is 2.25. The van der Waals surface area contributed by atoms with Gasteiger partial charge < -0.3 is 15.5 Å². The number of nitrogens with two attached hydrogens (primary N) is 1. The van der Waals surface area contributed by atoms with E-state index in [2.05, 4.69) is 61.9 Å². The molecule has 24 heavy (non-hydrogen) atoms. The van der Waals surface area contributed by atoms with Gasteiger partial charge in [-0.2, -0.15) is 0 Å². The number of guanidine groups is 1. The molecule has 1 atom stereocenters. The lowest BCUT2D eigenvalue weighted by atomic mass is 10.00. The van der Waals surface area contributed by atoms with E-state index >= 15 is 0 Å². The maximum Gasteiger partial charge on any atom is 0.191 e. The quantitative estimate of drug-likeness (QED) is 0.383. The highest BCUT2D eigenvalue weighted by molar-refractivity contribution is 14.0. The van der Waals surface area contributed by atoms with Crippen LogP contribution < -0.4 is 10.6 Å². The largest absolute Gasteiger partial charge is 0.371 e. The van der Waals surface area contributed by atoms with Crippen LogP contribution in [0, 0.1) is 11.8 Å². The number of nitrogens with zero attached hydrogens (tertiary/aromatic N) is 3. The molecule has 0 spiro atoms. The van der Waals surface area contributed by atoms with E-state index in [-0.39, 0.29) is 24.0 Å². The Bertz CT molecular complexity index is 540. The molecule has 0 aromatic heterocycles. The minimum atomic E-state index is 0. The zero-order valence-electron chi connectivity index (χ0n) is 14.3. The van der Waals surface area contributed by atoms with E-state index in [0.717, 1.165) is 49.1 Å². The highest BCUT2D eigenvalue weighted by Gasteiger charge is 2.23. The van der Waals surface area contributed by atoms with Crippen molar-refractivity contribution in [3.63, 3.8) is 0 Å². The summed E-state index contributed by atoms with van der Waals surface area (Å²) in [6, 6.07) is 8.57. The molecule has 3 rings (SSSR count). The molecule has 1 unspecified atom stereocenters. The van der Waals surface area contributed by atoms with Crippen LogP contribution in [0.15, 0.2) is 33.7 Å². The number of halogens is 2. The summed E-state index contributed by atoms with van der Waals surface area (Å²) >= 11 is 3.49. The van der Waals surface area contributed by atoms with Gasteiger partial charge in [0.25, 0.3) is 0 Å². The smallest absolute Gasteiger partial charge is 0.191 e. The molecule has 0 saturated carbocycles. The predicted octanol–water partition coefficient (Wildman–Crippen LogP) is 3.94. The Balaban J connectivity index is 0.00000208. The third kappa shape index (κ3) is 5.25. The number of hydrogen-bond acceptors (Lipinski definition) is 2. The van der Waals surface area contributed by atoms with Crippen LogP contribution in [-0.2, 0) is 0 Å². The van der Waals surface area contributed by atoms with Crippen molar-refractivity contribution in [1.82, 2.24) is 4.90 Å². The molecule has 134 valence electrons. The van der Waals surface area contributed by atoms with E-state index in [4.69, 9.17) is 5.73 Å². The first-order chi connectivity index (χ1) is 11.1. The summed E-state index contributed by atoms with van der Waals surface area (Å²) in [6.45, 7) is 7.49. The molecule has 2 aliphatic heterocycles. The minimum absolute atomic E-state index is 0. The van der Waals surface area contributed by atoms with E-state index in [0.29, 0.717) is 5.92 Å². The maximum atomic E-state index is 6.19. The fraction of sp³-hybridized carbons (Fsp3) is 0.611. The van der Waals surface area contributed by atoms with E-state index in [1.807, 2.05) is 0 Å². The van der Waals surface area contributed by atoms with Crippen molar-refractivity contribution in [2.45, 2.75) is 26.2 Å². The zero-order chi connectivity index (χ0) is 16.2. The summed E-state index contributed by atoms with van der Waals surface area (Å²) in [5.41, 5.74) is 7.49. The Morgan fingerprint density at radius 3 is 2.50 bits per heavy atom. The third-order valence-electron chi connectivity index (χ3n) is 5.10. The van der Waals surface area contributed by atoms with Gasteiger partial charge >= 0.3 is 0 Å². The number of hydrogen-bond donors (Lipinski definition) is 1. The van der Waals surface area contributed by atoms with Gasteiger partial charge in [0, 0.05) is 42.9 Å². The molecule has 2 aliphatic rings. The molecule has 6 heteroatoms. The van der Waals surface area contributed by atoms with E-state index in [1.165, 1.54) is 24.9 Å². The van der Waals surface area contributed by atoms with Gasteiger partial charge in [-0.05, 0) is 55.4 Å².